The van der Waals surface area contributed by atoms with E-state index in [9.17, 15) is 23.2 Å². The van der Waals surface area contributed by atoms with Crippen molar-refractivity contribution in [3.05, 3.63) is 76.7 Å². The van der Waals surface area contributed by atoms with E-state index in [4.69, 9.17) is 16.3 Å². The molecule has 0 unspecified atom stereocenters. The molecule has 0 radical (unpaired) electrons. The third-order valence-corrected chi connectivity index (χ3v) is 5.18. The first kappa shape index (κ1) is 25.7. The number of esters is 1. The average Bonchev–Trinajstić information content (AvgIpc) is 2.86. The number of rotatable bonds is 8. The molecule has 182 valence electrons. The minimum atomic E-state index is -2.79. The van der Waals surface area contributed by atoms with Crippen LogP contribution in [0.15, 0.2) is 54.9 Å². The number of benzene rings is 1. The Hall–Kier alpha value is -3.92. The molecule has 0 aliphatic carbocycles. The third kappa shape index (κ3) is 6.57. The van der Waals surface area contributed by atoms with E-state index in [1.807, 2.05) is 0 Å². The number of nitrogens with zero attached hydrogens (tertiary/aromatic N) is 3. The Kier molecular flexibility index (Phi) is 8.43. The molecule has 0 fully saturated rings. The molecule has 0 aliphatic rings. The summed E-state index contributed by atoms with van der Waals surface area (Å²) >= 11 is 5.75. The Balaban J connectivity index is 1.82. The van der Waals surface area contributed by atoms with Crippen molar-refractivity contribution in [1.82, 2.24) is 15.3 Å². The summed E-state index contributed by atoms with van der Waals surface area (Å²) in [5.74, 6) is -1.80. The van der Waals surface area contributed by atoms with Crippen LogP contribution >= 0.6 is 11.6 Å². The second-order valence-electron chi connectivity index (χ2n) is 7.35. The molecule has 1 aromatic carbocycles. The van der Waals surface area contributed by atoms with Crippen LogP contribution in [0.5, 0.6) is 0 Å². The van der Waals surface area contributed by atoms with Crippen LogP contribution in [0.2, 0.25) is 5.15 Å². The van der Waals surface area contributed by atoms with Crippen molar-refractivity contribution >= 4 is 35.1 Å². The number of aromatic nitrogens is 2. The third-order valence-electron chi connectivity index (χ3n) is 4.96. The monoisotopic (exact) mass is 502 g/mol. The fourth-order valence-electron chi connectivity index (χ4n) is 3.23. The summed E-state index contributed by atoms with van der Waals surface area (Å²) in [5, 5.41) is 3.10. The lowest BCUT2D eigenvalue weighted by atomic mass is 10.0. The zero-order chi connectivity index (χ0) is 25.5. The fraction of sp³-hybridized carbons (Fsp3) is 0.208. The molecular formula is C24H21ClF2N4O4. The summed E-state index contributed by atoms with van der Waals surface area (Å²) in [5.41, 5.74) is 1.90. The van der Waals surface area contributed by atoms with Gasteiger partial charge < -0.3 is 15.0 Å². The van der Waals surface area contributed by atoms with Gasteiger partial charge in [-0.25, -0.2) is 18.6 Å². The first-order valence-corrected chi connectivity index (χ1v) is 10.7. The highest BCUT2D eigenvalue weighted by atomic mass is 35.5. The average molecular weight is 503 g/mol. The number of hydrogen-bond acceptors (Lipinski definition) is 6. The van der Waals surface area contributed by atoms with Crippen LogP contribution in [0.3, 0.4) is 0 Å². The van der Waals surface area contributed by atoms with Gasteiger partial charge in [0.05, 0.1) is 36.2 Å². The lowest BCUT2D eigenvalue weighted by Gasteiger charge is -2.23. The Morgan fingerprint density at radius 2 is 1.86 bits per heavy atom. The van der Waals surface area contributed by atoms with Crippen molar-refractivity contribution in [1.29, 1.82) is 0 Å². The van der Waals surface area contributed by atoms with E-state index in [1.54, 1.807) is 36.5 Å². The molecule has 35 heavy (non-hydrogen) atoms. The van der Waals surface area contributed by atoms with E-state index < -0.39 is 24.8 Å². The van der Waals surface area contributed by atoms with Crippen molar-refractivity contribution in [3.63, 3.8) is 0 Å². The van der Waals surface area contributed by atoms with Gasteiger partial charge in [-0.1, -0.05) is 23.7 Å². The van der Waals surface area contributed by atoms with Crippen LogP contribution in [0.1, 0.15) is 33.2 Å². The smallest absolute Gasteiger partial charge is 0.340 e. The van der Waals surface area contributed by atoms with E-state index in [0.29, 0.717) is 22.0 Å². The number of halogens is 3. The molecule has 11 heteroatoms. The van der Waals surface area contributed by atoms with Crippen molar-refractivity contribution in [2.24, 2.45) is 0 Å². The number of carbonyl (C=O) groups excluding carboxylic acids is 3. The van der Waals surface area contributed by atoms with E-state index in [-0.39, 0.29) is 23.7 Å². The molecule has 0 saturated carbocycles. The maximum Gasteiger partial charge on any atom is 0.340 e. The number of methoxy groups -OCH3 is 1. The molecule has 3 aromatic rings. The van der Waals surface area contributed by atoms with Crippen LogP contribution in [0.25, 0.3) is 11.3 Å². The first-order chi connectivity index (χ1) is 16.7. The number of ether oxygens (including phenoxy) is 1. The predicted octanol–water partition coefficient (Wildman–Crippen LogP) is 4.13. The molecule has 0 atom stereocenters. The van der Waals surface area contributed by atoms with Crippen LogP contribution in [0, 0.1) is 0 Å². The van der Waals surface area contributed by atoms with Gasteiger partial charge in [0.1, 0.15) is 5.15 Å². The van der Waals surface area contributed by atoms with Gasteiger partial charge in [0.25, 0.3) is 12.3 Å². The van der Waals surface area contributed by atoms with Gasteiger partial charge in [-0.3, -0.25) is 14.6 Å². The standard InChI is InChI=1S/C24H21ClF2N4O4/c1-14(32)31(13-22(26)27)20-7-5-16(9-18(20)24(34)35-2)19-6-4-17(12-28-19)23(33)30-11-15-3-8-21(25)29-10-15/h3-10,12,22H,11,13H2,1-2H3,(H,30,33). The van der Waals surface area contributed by atoms with E-state index in [0.717, 1.165) is 24.5 Å². The predicted molar refractivity (Wildman–Crippen MR) is 125 cm³/mol. The topological polar surface area (TPSA) is 101 Å². The number of nitrogens with one attached hydrogen (secondary N) is 1. The van der Waals surface area contributed by atoms with Gasteiger partial charge in [-0.2, -0.15) is 0 Å². The van der Waals surface area contributed by atoms with Crippen molar-refractivity contribution < 1.29 is 27.9 Å². The van der Waals surface area contributed by atoms with Gasteiger partial charge >= 0.3 is 5.97 Å². The van der Waals surface area contributed by atoms with Gasteiger partial charge in [-0.05, 0) is 35.9 Å². The minimum Gasteiger partial charge on any atom is -0.465 e. The number of anilines is 1. The highest BCUT2D eigenvalue weighted by Gasteiger charge is 2.24. The SMILES string of the molecule is COC(=O)c1cc(-c2ccc(C(=O)NCc3ccc(Cl)nc3)cn2)ccc1N(CC(F)F)C(C)=O. The maximum absolute atomic E-state index is 13.0. The maximum atomic E-state index is 13.0. The second kappa shape index (κ2) is 11.5. The molecule has 0 spiro atoms. The van der Waals surface area contributed by atoms with Gasteiger partial charge in [-0.15, -0.1) is 0 Å². The molecule has 2 aromatic heterocycles. The number of carbonyl (C=O) groups is 3. The van der Waals surface area contributed by atoms with Gasteiger partial charge in [0.2, 0.25) is 5.91 Å². The van der Waals surface area contributed by atoms with E-state index in [2.05, 4.69) is 15.3 Å². The van der Waals surface area contributed by atoms with Gasteiger partial charge in [0, 0.05) is 31.4 Å². The number of alkyl halides is 2. The lowest BCUT2D eigenvalue weighted by molar-refractivity contribution is -0.117. The zero-order valence-corrected chi connectivity index (χ0v) is 19.6. The molecule has 2 amide bonds. The minimum absolute atomic E-state index is 0.00101. The summed E-state index contributed by atoms with van der Waals surface area (Å²) in [6.07, 6.45) is 0.136. The Labute approximate surface area is 204 Å². The summed E-state index contributed by atoms with van der Waals surface area (Å²) in [7, 11) is 1.15. The molecule has 8 nitrogen and oxygen atoms in total. The molecule has 1 N–H and O–H groups in total. The summed E-state index contributed by atoms with van der Waals surface area (Å²) in [4.78, 5) is 45.8. The number of hydrogen-bond donors (Lipinski definition) is 1. The van der Waals surface area contributed by atoms with Crippen molar-refractivity contribution in [2.75, 3.05) is 18.6 Å². The molecule has 3 rings (SSSR count). The largest absolute Gasteiger partial charge is 0.465 e. The number of pyridine rings is 2. The quantitative estimate of drug-likeness (QED) is 0.367. The van der Waals surface area contributed by atoms with E-state index in [1.165, 1.54) is 18.3 Å². The first-order valence-electron chi connectivity index (χ1n) is 10.3. The van der Waals surface area contributed by atoms with Crippen LogP contribution < -0.4 is 10.2 Å². The molecule has 2 heterocycles. The Bertz CT molecular complexity index is 1220. The van der Waals surface area contributed by atoms with Crippen LogP contribution in [0.4, 0.5) is 14.5 Å². The Morgan fingerprint density at radius 1 is 1.09 bits per heavy atom. The van der Waals surface area contributed by atoms with Crippen molar-refractivity contribution in [3.8, 4) is 11.3 Å². The second-order valence-corrected chi connectivity index (χ2v) is 7.74. The molecule has 0 bridgehead atoms. The highest BCUT2D eigenvalue weighted by molar-refractivity contribution is 6.29. The normalized spacial score (nSPS) is 10.7. The van der Waals surface area contributed by atoms with Gasteiger partial charge in [0.15, 0.2) is 0 Å². The van der Waals surface area contributed by atoms with Crippen molar-refractivity contribution in [2.45, 2.75) is 19.9 Å². The Morgan fingerprint density at radius 3 is 2.43 bits per heavy atom. The fourth-order valence-corrected chi connectivity index (χ4v) is 3.34. The van der Waals surface area contributed by atoms with Crippen LogP contribution in [-0.4, -0.2) is 47.8 Å². The van der Waals surface area contributed by atoms with Crippen LogP contribution in [-0.2, 0) is 16.1 Å². The molecule has 0 aliphatic heterocycles. The highest BCUT2D eigenvalue weighted by Crippen LogP contribution is 2.28. The summed E-state index contributed by atoms with van der Waals surface area (Å²) in [6.45, 7) is 0.513. The zero-order valence-electron chi connectivity index (χ0n) is 18.8. The van der Waals surface area contributed by atoms with E-state index >= 15 is 0 Å². The summed E-state index contributed by atoms with van der Waals surface area (Å²) < 4.78 is 30.8. The number of amides is 2. The molecule has 0 saturated heterocycles. The summed E-state index contributed by atoms with van der Waals surface area (Å²) in [6, 6.07) is 10.8. The lowest BCUT2D eigenvalue weighted by Crippen LogP contribution is -2.34. The molecular weight excluding hydrogens is 482 g/mol.